The van der Waals surface area contributed by atoms with Gasteiger partial charge in [-0.2, -0.15) is 8.42 Å². The molecule has 140 valence electrons. The maximum atomic E-state index is 12.3. The smallest absolute Gasteiger partial charge is 0.358 e. The first-order valence-electron chi connectivity index (χ1n) is 7.96. The molecule has 1 N–H and O–H groups in total. The number of oxime groups is 1. The molecule has 4 rings (SSSR count). The lowest BCUT2D eigenvalue weighted by Crippen LogP contribution is -2.23. The Balaban J connectivity index is 1.73. The molecule has 27 heavy (non-hydrogen) atoms. The Morgan fingerprint density at radius 2 is 1.78 bits per heavy atom. The fraction of sp³-hybridized carbons (Fsp3) is 0.167. The molecular formula is C18H15ClN2O5S. The van der Waals surface area contributed by atoms with E-state index in [-0.39, 0.29) is 4.90 Å². The highest BCUT2D eigenvalue weighted by molar-refractivity contribution is 7.86. The maximum absolute atomic E-state index is 12.3. The summed E-state index contributed by atoms with van der Waals surface area (Å²) >= 11 is 5.79. The van der Waals surface area contributed by atoms with Crippen LogP contribution in [0.4, 0.5) is 0 Å². The standard InChI is InChI=1S/C18H15ClN2O5S/c1-24-17-15-13(12-7-8-20-16(12)18(17)25-2)9-14(15)21-26-27(22,23)11-5-3-10(19)4-6-11/h3-8,20H,9H2,1-2H3/b21-14-. The van der Waals surface area contributed by atoms with Crippen LogP contribution in [0.3, 0.4) is 0 Å². The summed E-state index contributed by atoms with van der Waals surface area (Å²) in [7, 11) is -0.977. The number of methoxy groups -OCH3 is 2. The van der Waals surface area contributed by atoms with Crippen molar-refractivity contribution in [3.8, 4) is 11.5 Å². The Morgan fingerprint density at radius 3 is 2.44 bits per heavy atom. The van der Waals surface area contributed by atoms with Crippen LogP contribution in [0.2, 0.25) is 5.02 Å². The Kier molecular flexibility index (Phi) is 4.24. The molecule has 2 aromatic carbocycles. The fourth-order valence-electron chi connectivity index (χ4n) is 3.15. The molecule has 0 atom stereocenters. The monoisotopic (exact) mass is 406 g/mol. The Hall–Kier alpha value is -2.71. The molecule has 3 aromatic rings. The van der Waals surface area contributed by atoms with Crippen LogP contribution in [0.5, 0.6) is 11.5 Å². The molecule has 1 aliphatic rings. The quantitative estimate of drug-likeness (QED) is 0.655. The van der Waals surface area contributed by atoms with Gasteiger partial charge in [-0.3, -0.25) is 4.28 Å². The maximum Gasteiger partial charge on any atom is 0.358 e. The molecule has 0 amide bonds. The first kappa shape index (κ1) is 17.7. The Bertz CT molecular complexity index is 1170. The van der Waals surface area contributed by atoms with Gasteiger partial charge in [0, 0.05) is 23.0 Å². The number of aromatic nitrogens is 1. The lowest BCUT2D eigenvalue weighted by atomic mass is 9.82. The van der Waals surface area contributed by atoms with Crippen molar-refractivity contribution in [2.75, 3.05) is 14.2 Å². The highest BCUT2D eigenvalue weighted by Gasteiger charge is 2.33. The molecule has 9 heteroatoms. The minimum atomic E-state index is -4.04. The number of fused-ring (bicyclic) bond motifs is 3. The summed E-state index contributed by atoms with van der Waals surface area (Å²) in [5.41, 5.74) is 2.98. The molecule has 0 fully saturated rings. The third-order valence-corrected chi connectivity index (χ3v) is 5.80. The van der Waals surface area contributed by atoms with Gasteiger partial charge in [0.15, 0.2) is 11.5 Å². The summed E-state index contributed by atoms with van der Waals surface area (Å²) in [5, 5.41) is 5.27. The Morgan fingerprint density at radius 1 is 1.07 bits per heavy atom. The summed E-state index contributed by atoms with van der Waals surface area (Å²) in [6, 6.07) is 7.59. The molecule has 0 aliphatic heterocycles. The van der Waals surface area contributed by atoms with Crippen molar-refractivity contribution in [2.45, 2.75) is 11.3 Å². The SMILES string of the molecule is COc1c2c(c3cc[nH]c3c1OC)C/C2=N/OS(=O)(=O)c1ccc(Cl)cc1. The average Bonchev–Trinajstić information content (AvgIpc) is 3.10. The van der Waals surface area contributed by atoms with Gasteiger partial charge in [0.05, 0.1) is 31.0 Å². The number of hydrogen-bond donors (Lipinski definition) is 1. The highest BCUT2D eigenvalue weighted by Crippen LogP contribution is 2.46. The Labute approximate surface area is 160 Å². The van der Waals surface area contributed by atoms with Crippen LogP contribution in [-0.2, 0) is 20.8 Å². The van der Waals surface area contributed by atoms with Crippen LogP contribution in [-0.4, -0.2) is 33.3 Å². The predicted molar refractivity (Wildman–Crippen MR) is 101 cm³/mol. The first-order chi connectivity index (χ1) is 13.0. The third kappa shape index (κ3) is 2.81. The topological polar surface area (TPSA) is 90.0 Å². The number of nitrogens with zero attached hydrogens (tertiary/aromatic N) is 1. The minimum absolute atomic E-state index is 0.0265. The van der Waals surface area contributed by atoms with Gasteiger partial charge in [-0.05, 0) is 35.9 Å². The van der Waals surface area contributed by atoms with Gasteiger partial charge in [0.2, 0.25) is 0 Å². The van der Waals surface area contributed by atoms with Crippen LogP contribution in [0.25, 0.3) is 10.9 Å². The van der Waals surface area contributed by atoms with Crippen molar-refractivity contribution in [1.29, 1.82) is 0 Å². The largest absolute Gasteiger partial charge is 0.492 e. The zero-order valence-electron chi connectivity index (χ0n) is 14.4. The molecule has 1 heterocycles. The molecule has 0 unspecified atom stereocenters. The van der Waals surface area contributed by atoms with Crippen molar-refractivity contribution in [3.63, 3.8) is 0 Å². The molecule has 0 saturated heterocycles. The van der Waals surface area contributed by atoms with Gasteiger partial charge < -0.3 is 14.5 Å². The number of hydrogen-bond acceptors (Lipinski definition) is 6. The van der Waals surface area contributed by atoms with E-state index >= 15 is 0 Å². The van der Waals surface area contributed by atoms with Crippen LogP contribution in [0.1, 0.15) is 11.1 Å². The first-order valence-corrected chi connectivity index (χ1v) is 9.75. The molecule has 0 spiro atoms. The fourth-order valence-corrected chi connectivity index (χ4v) is 4.02. The summed E-state index contributed by atoms with van der Waals surface area (Å²) in [6.07, 6.45) is 2.27. The van der Waals surface area contributed by atoms with Gasteiger partial charge in [0.25, 0.3) is 0 Å². The number of rotatable bonds is 5. The van der Waals surface area contributed by atoms with E-state index in [1.807, 2.05) is 12.3 Å². The van der Waals surface area contributed by atoms with E-state index < -0.39 is 10.1 Å². The van der Waals surface area contributed by atoms with Gasteiger partial charge >= 0.3 is 10.1 Å². The van der Waals surface area contributed by atoms with Gasteiger partial charge in [-0.15, -0.1) is 0 Å². The van der Waals surface area contributed by atoms with Gasteiger partial charge in [-0.25, -0.2) is 0 Å². The molecular weight excluding hydrogens is 392 g/mol. The van der Waals surface area contributed by atoms with E-state index in [1.165, 1.54) is 31.4 Å². The van der Waals surface area contributed by atoms with E-state index in [1.54, 1.807) is 7.11 Å². The van der Waals surface area contributed by atoms with Crippen LogP contribution in [0, 0.1) is 0 Å². The minimum Gasteiger partial charge on any atom is -0.492 e. The molecule has 0 saturated carbocycles. The summed E-state index contributed by atoms with van der Waals surface area (Å²) in [4.78, 5) is 3.10. The summed E-state index contributed by atoms with van der Waals surface area (Å²) in [5.74, 6) is 1.02. The molecule has 7 nitrogen and oxygen atoms in total. The second kappa shape index (κ2) is 6.47. The van der Waals surface area contributed by atoms with Crippen LogP contribution in [0.15, 0.2) is 46.6 Å². The third-order valence-electron chi connectivity index (χ3n) is 4.42. The number of halogens is 1. The number of benzene rings is 2. The van der Waals surface area contributed by atoms with Crippen LogP contribution >= 0.6 is 11.6 Å². The number of ether oxygens (including phenoxy) is 2. The normalized spacial score (nSPS) is 14.7. The molecule has 0 radical (unpaired) electrons. The second-order valence-electron chi connectivity index (χ2n) is 5.88. The number of nitrogens with one attached hydrogen (secondary N) is 1. The van der Waals surface area contributed by atoms with Crippen molar-refractivity contribution >= 4 is 38.3 Å². The van der Waals surface area contributed by atoms with Crippen molar-refractivity contribution < 1.29 is 22.2 Å². The molecule has 0 bridgehead atoms. The van der Waals surface area contributed by atoms with Crippen molar-refractivity contribution in [2.24, 2.45) is 5.16 Å². The number of aromatic amines is 1. The lowest BCUT2D eigenvalue weighted by molar-refractivity contribution is 0.335. The van der Waals surface area contributed by atoms with E-state index in [0.29, 0.717) is 34.2 Å². The second-order valence-corrected chi connectivity index (χ2v) is 7.85. The highest BCUT2D eigenvalue weighted by atomic mass is 35.5. The predicted octanol–water partition coefficient (Wildman–Crippen LogP) is 3.50. The zero-order valence-corrected chi connectivity index (χ0v) is 16.0. The molecule has 1 aliphatic carbocycles. The summed E-state index contributed by atoms with van der Waals surface area (Å²) < 4.78 is 40.5. The van der Waals surface area contributed by atoms with Crippen LogP contribution < -0.4 is 9.47 Å². The van der Waals surface area contributed by atoms with E-state index in [4.69, 9.17) is 25.4 Å². The summed E-state index contributed by atoms with van der Waals surface area (Å²) in [6.45, 7) is 0. The average molecular weight is 407 g/mol. The lowest BCUT2D eigenvalue weighted by Gasteiger charge is -2.26. The number of H-pyrrole nitrogens is 1. The van der Waals surface area contributed by atoms with E-state index in [0.717, 1.165) is 16.5 Å². The molecule has 1 aromatic heterocycles. The van der Waals surface area contributed by atoms with E-state index in [9.17, 15) is 8.42 Å². The van der Waals surface area contributed by atoms with Crippen molar-refractivity contribution in [3.05, 3.63) is 52.7 Å². The zero-order chi connectivity index (χ0) is 19.2. The van der Waals surface area contributed by atoms with Gasteiger partial charge in [0.1, 0.15) is 4.90 Å². The van der Waals surface area contributed by atoms with Crippen molar-refractivity contribution in [1.82, 2.24) is 4.98 Å². The van der Waals surface area contributed by atoms with Gasteiger partial charge in [-0.1, -0.05) is 16.8 Å². The van der Waals surface area contributed by atoms with E-state index in [2.05, 4.69) is 10.1 Å².